The molecule has 3 rings (SSSR count). The first kappa shape index (κ1) is 15.0. The lowest BCUT2D eigenvalue weighted by Gasteiger charge is -2.35. The molecule has 0 aromatic carbocycles. The highest BCUT2D eigenvalue weighted by atomic mass is 16.5. The molecule has 1 aromatic rings. The molecule has 2 unspecified atom stereocenters. The molecule has 2 aliphatic heterocycles. The minimum atomic E-state index is 0.604. The van der Waals surface area contributed by atoms with Crippen LogP contribution in [-0.4, -0.2) is 71.8 Å². The van der Waals surface area contributed by atoms with Gasteiger partial charge in [0.1, 0.15) is 5.82 Å². The highest BCUT2D eigenvalue weighted by Gasteiger charge is 2.23. The molecule has 0 saturated carbocycles. The minimum Gasteiger partial charge on any atom is -0.379 e. The first-order valence-electron chi connectivity index (χ1n) is 8.22. The van der Waals surface area contributed by atoms with Gasteiger partial charge < -0.3 is 14.2 Å². The number of imidazole rings is 1. The van der Waals surface area contributed by atoms with E-state index in [0.717, 1.165) is 51.7 Å². The predicted octanol–water partition coefficient (Wildman–Crippen LogP) is 1.10. The van der Waals surface area contributed by atoms with Gasteiger partial charge in [0.2, 0.25) is 0 Å². The Morgan fingerprint density at radius 3 is 3.05 bits per heavy atom. The maximum atomic E-state index is 5.42. The zero-order chi connectivity index (χ0) is 14.7. The number of rotatable bonds is 5. The van der Waals surface area contributed by atoms with E-state index in [9.17, 15) is 0 Å². The lowest BCUT2D eigenvalue weighted by Crippen LogP contribution is -2.46. The van der Waals surface area contributed by atoms with Crippen LogP contribution in [0.3, 0.4) is 0 Å². The van der Waals surface area contributed by atoms with Gasteiger partial charge in [-0.3, -0.25) is 4.90 Å². The molecular formula is C16H28N4O. The summed E-state index contributed by atoms with van der Waals surface area (Å²) in [5.74, 6) is 2.01. The van der Waals surface area contributed by atoms with Crippen LogP contribution in [0.1, 0.15) is 19.2 Å². The van der Waals surface area contributed by atoms with E-state index in [-0.39, 0.29) is 0 Å². The van der Waals surface area contributed by atoms with Crippen molar-refractivity contribution in [3.63, 3.8) is 0 Å². The third-order valence-corrected chi connectivity index (χ3v) is 4.96. The average molecular weight is 292 g/mol. The molecule has 5 nitrogen and oxygen atoms in total. The quantitative estimate of drug-likeness (QED) is 0.814. The topological polar surface area (TPSA) is 33.5 Å². The van der Waals surface area contributed by atoms with Crippen LogP contribution < -0.4 is 0 Å². The fourth-order valence-corrected chi connectivity index (χ4v) is 3.47. The first-order chi connectivity index (χ1) is 10.2. The molecule has 0 N–H and O–H groups in total. The van der Waals surface area contributed by atoms with Gasteiger partial charge in [-0.2, -0.15) is 0 Å². The number of ether oxygens (including phenoxy) is 1. The van der Waals surface area contributed by atoms with Crippen molar-refractivity contribution in [3.8, 4) is 0 Å². The van der Waals surface area contributed by atoms with Gasteiger partial charge in [-0.1, -0.05) is 0 Å². The van der Waals surface area contributed by atoms with E-state index in [1.807, 2.05) is 6.20 Å². The SMILES string of the molecule is CC(CN1CCOCC1)N(C)CC1CCc2nccn2C1. The first-order valence-corrected chi connectivity index (χ1v) is 8.22. The van der Waals surface area contributed by atoms with Crippen LogP contribution in [0.5, 0.6) is 0 Å². The van der Waals surface area contributed by atoms with Crippen molar-refractivity contribution < 1.29 is 4.74 Å². The number of aromatic nitrogens is 2. The Labute approximate surface area is 127 Å². The monoisotopic (exact) mass is 292 g/mol. The zero-order valence-electron chi connectivity index (χ0n) is 13.4. The molecule has 5 heteroatoms. The predicted molar refractivity (Wildman–Crippen MR) is 83.4 cm³/mol. The molecule has 0 amide bonds. The molecule has 1 aromatic heterocycles. The van der Waals surface area contributed by atoms with E-state index < -0.39 is 0 Å². The maximum Gasteiger partial charge on any atom is 0.108 e. The third kappa shape index (κ3) is 3.84. The average Bonchev–Trinajstić information content (AvgIpc) is 2.95. The van der Waals surface area contributed by atoms with Crippen molar-refractivity contribution >= 4 is 0 Å². The Hall–Kier alpha value is -0.910. The maximum absolute atomic E-state index is 5.42. The van der Waals surface area contributed by atoms with Gasteiger partial charge in [0.05, 0.1) is 13.2 Å². The number of likely N-dealkylation sites (N-methyl/N-ethyl adjacent to an activating group) is 1. The molecule has 0 aliphatic carbocycles. The summed E-state index contributed by atoms with van der Waals surface area (Å²) in [6.45, 7) is 9.77. The fourth-order valence-electron chi connectivity index (χ4n) is 3.47. The molecule has 0 spiro atoms. The molecule has 3 heterocycles. The van der Waals surface area contributed by atoms with E-state index in [2.05, 4.69) is 39.5 Å². The normalized spacial score (nSPS) is 25.0. The number of morpholine rings is 1. The molecule has 0 radical (unpaired) electrons. The van der Waals surface area contributed by atoms with Gasteiger partial charge >= 0.3 is 0 Å². The van der Waals surface area contributed by atoms with Crippen LogP contribution >= 0.6 is 0 Å². The highest BCUT2D eigenvalue weighted by molar-refractivity contribution is 4.97. The van der Waals surface area contributed by atoms with Crippen molar-refractivity contribution in [2.45, 2.75) is 32.4 Å². The van der Waals surface area contributed by atoms with Crippen LogP contribution in [0.4, 0.5) is 0 Å². The van der Waals surface area contributed by atoms with Crippen LogP contribution in [0, 0.1) is 5.92 Å². The van der Waals surface area contributed by atoms with E-state index in [1.54, 1.807) is 0 Å². The van der Waals surface area contributed by atoms with Crippen molar-refractivity contribution in [2.24, 2.45) is 5.92 Å². The number of hydrogen-bond donors (Lipinski definition) is 0. The summed E-state index contributed by atoms with van der Waals surface area (Å²) in [5.41, 5.74) is 0. The second-order valence-corrected chi connectivity index (χ2v) is 6.60. The molecule has 1 fully saturated rings. The van der Waals surface area contributed by atoms with Crippen LogP contribution in [0.15, 0.2) is 12.4 Å². The van der Waals surface area contributed by atoms with Gasteiger partial charge in [-0.05, 0) is 26.3 Å². The molecule has 1 saturated heterocycles. The summed E-state index contributed by atoms with van der Waals surface area (Å²) >= 11 is 0. The van der Waals surface area contributed by atoms with Crippen molar-refractivity contribution in [1.82, 2.24) is 19.4 Å². The second kappa shape index (κ2) is 6.90. The summed E-state index contributed by atoms with van der Waals surface area (Å²) in [5, 5.41) is 0. The van der Waals surface area contributed by atoms with Gasteiger partial charge in [0.15, 0.2) is 0 Å². The Bertz CT molecular complexity index is 441. The van der Waals surface area contributed by atoms with Gasteiger partial charge in [0.25, 0.3) is 0 Å². The third-order valence-electron chi connectivity index (χ3n) is 4.96. The van der Waals surface area contributed by atoms with Crippen LogP contribution in [-0.2, 0) is 17.7 Å². The van der Waals surface area contributed by atoms with E-state index in [0.29, 0.717) is 6.04 Å². The molecule has 0 bridgehead atoms. The Morgan fingerprint density at radius 2 is 2.24 bits per heavy atom. The smallest absolute Gasteiger partial charge is 0.108 e. The van der Waals surface area contributed by atoms with Gasteiger partial charge in [-0.25, -0.2) is 4.98 Å². The van der Waals surface area contributed by atoms with Crippen LogP contribution in [0.25, 0.3) is 0 Å². The summed E-state index contributed by atoms with van der Waals surface area (Å²) < 4.78 is 7.75. The number of hydrogen-bond acceptors (Lipinski definition) is 4. The molecule has 2 atom stereocenters. The fraction of sp³-hybridized carbons (Fsp3) is 0.812. The Balaban J connectivity index is 1.46. The second-order valence-electron chi connectivity index (χ2n) is 6.60. The Morgan fingerprint density at radius 1 is 1.43 bits per heavy atom. The lowest BCUT2D eigenvalue weighted by molar-refractivity contribution is 0.0251. The van der Waals surface area contributed by atoms with Gasteiger partial charge in [-0.15, -0.1) is 0 Å². The standard InChI is InChI=1S/C16H28N4O/c1-14(11-19-7-9-21-10-8-19)18(2)12-15-3-4-16-17-5-6-20(16)13-15/h5-6,14-15H,3-4,7-13H2,1-2H3. The summed E-state index contributed by atoms with van der Waals surface area (Å²) in [4.78, 5) is 9.47. The lowest BCUT2D eigenvalue weighted by atomic mass is 9.98. The number of fused-ring (bicyclic) bond motifs is 1. The zero-order valence-corrected chi connectivity index (χ0v) is 13.4. The highest BCUT2D eigenvalue weighted by Crippen LogP contribution is 2.20. The number of aryl methyl sites for hydroxylation is 1. The van der Waals surface area contributed by atoms with Crippen molar-refractivity contribution in [3.05, 3.63) is 18.2 Å². The molecule has 21 heavy (non-hydrogen) atoms. The summed E-state index contributed by atoms with van der Waals surface area (Å²) in [7, 11) is 2.27. The van der Waals surface area contributed by atoms with E-state index in [1.165, 1.54) is 18.8 Å². The molecule has 118 valence electrons. The van der Waals surface area contributed by atoms with Crippen molar-refractivity contribution in [1.29, 1.82) is 0 Å². The Kier molecular flexibility index (Phi) is 4.93. The summed E-state index contributed by atoms with van der Waals surface area (Å²) in [6.07, 6.45) is 6.45. The van der Waals surface area contributed by atoms with Crippen LogP contribution in [0.2, 0.25) is 0 Å². The summed E-state index contributed by atoms with van der Waals surface area (Å²) in [6, 6.07) is 0.604. The largest absolute Gasteiger partial charge is 0.379 e. The molecule has 2 aliphatic rings. The number of nitrogens with zero attached hydrogens (tertiary/aromatic N) is 4. The minimum absolute atomic E-state index is 0.604. The van der Waals surface area contributed by atoms with E-state index >= 15 is 0 Å². The van der Waals surface area contributed by atoms with Gasteiger partial charge in [0, 0.05) is 57.6 Å². The van der Waals surface area contributed by atoms with E-state index in [4.69, 9.17) is 4.74 Å². The molecular weight excluding hydrogens is 264 g/mol. The van der Waals surface area contributed by atoms with Crippen molar-refractivity contribution in [2.75, 3.05) is 46.4 Å².